The molecule has 6 nitrogen and oxygen atoms in total. The van der Waals surface area contributed by atoms with Crippen LogP contribution in [-0.4, -0.2) is 25.5 Å². The molecule has 3 N–H and O–H groups in total. The second-order valence-corrected chi connectivity index (χ2v) is 5.76. The molecule has 7 heteroatoms. The van der Waals surface area contributed by atoms with Gasteiger partial charge < -0.3 is 20.7 Å². The molecule has 0 bridgehead atoms. The molecule has 0 radical (unpaired) electrons. The molecule has 2 amide bonds. The van der Waals surface area contributed by atoms with Gasteiger partial charge >= 0.3 is 0 Å². The summed E-state index contributed by atoms with van der Waals surface area (Å²) in [7, 11) is 1.57. The SMILES string of the molecule is COc1ccccc1C(C)NC(=O)CNc1cc(NC(C)=O)ccc1F. The van der Waals surface area contributed by atoms with Crippen LogP contribution in [0, 0.1) is 5.82 Å². The van der Waals surface area contributed by atoms with Crippen molar-refractivity contribution in [3.8, 4) is 5.75 Å². The van der Waals surface area contributed by atoms with Crippen LogP contribution >= 0.6 is 0 Å². The van der Waals surface area contributed by atoms with Gasteiger partial charge in [-0.05, 0) is 31.2 Å². The van der Waals surface area contributed by atoms with E-state index in [4.69, 9.17) is 4.74 Å². The molecule has 1 atom stereocenters. The van der Waals surface area contributed by atoms with Crippen molar-refractivity contribution in [2.45, 2.75) is 19.9 Å². The molecule has 2 aromatic rings. The first-order valence-corrected chi connectivity index (χ1v) is 8.14. The van der Waals surface area contributed by atoms with E-state index in [2.05, 4.69) is 16.0 Å². The normalized spacial score (nSPS) is 11.4. The maximum absolute atomic E-state index is 13.9. The molecule has 138 valence electrons. The molecule has 2 rings (SSSR count). The highest BCUT2D eigenvalue weighted by Gasteiger charge is 2.14. The summed E-state index contributed by atoms with van der Waals surface area (Å²) in [5.41, 5.74) is 1.43. The van der Waals surface area contributed by atoms with Gasteiger partial charge in [0.15, 0.2) is 0 Å². The maximum atomic E-state index is 13.9. The summed E-state index contributed by atoms with van der Waals surface area (Å²) in [6.45, 7) is 3.09. The number of hydrogen-bond donors (Lipinski definition) is 3. The minimum atomic E-state index is -0.510. The van der Waals surface area contributed by atoms with Gasteiger partial charge in [0.2, 0.25) is 11.8 Å². The molecule has 0 saturated carbocycles. The number of nitrogens with one attached hydrogen (secondary N) is 3. The number of anilines is 2. The standard InChI is InChI=1S/C19H22FN3O3/c1-12(15-6-4-5-7-18(15)26-3)22-19(25)11-21-17-10-14(23-13(2)24)8-9-16(17)20/h4-10,12,21H,11H2,1-3H3,(H,22,25)(H,23,24). The number of halogens is 1. The average molecular weight is 359 g/mol. The van der Waals surface area contributed by atoms with E-state index in [1.54, 1.807) is 7.11 Å². The minimum absolute atomic E-state index is 0.111. The largest absolute Gasteiger partial charge is 0.496 e. The van der Waals surface area contributed by atoms with Crippen LogP contribution in [0.3, 0.4) is 0 Å². The average Bonchev–Trinajstić information content (AvgIpc) is 2.61. The van der Waals surface area contributed by atoms with Gasteiger partial charge in [0.25, 0.3) is 0 Å². The smallest absolute Gasteiger partial charge is 0.239 e. The lowest BCUT2D eigenvalue weighted by Gasteiger charge is -2.18. The van der Waals surface area contributed by atoms with Gasteiger partial charge in [-0.2, -0.15) is 0 Å². The Bertz CT molecular complexity index is 795. The van der Waals surface area contributed by atoms with E-state index in [0.717, 1.165) is 5.56 Å². The lowest BCUT2D eigenvalue weighted by molar-refractivity contribution is -0.120. The molecule has 0 aliphatic rings. The molecule has 0 heterocycles. The van der Waals surface area contributed by atoms with Gasteiger partial charge in [-0.1, -0.05) is 18.2 Å². The number of para-hydroxylation sites is 1. The van der Waals surface area contributed by atoms with Crippen LogP contribution in [0.4, 0.5) is 15.8 Å². The van der Waals surface area contributed by atoms with Crippen molar-refractivity contribution in [3.05, 3.63) is 53.8 Å². The third kappa shape index (κ3) is 5.20. The molecule has 0 aromatic heterocycles. The molecule has 1 unspecified atom stereocenters. The number of amides is 2. The van der Waals surface area contributed by atoms with Crippen molar-refractivity contribution in [1.29, 1.82) is 0 Å². The van der Waals surface area contributed by atoms with E-state index >= 15 is 0 Å². The Hall–Kier alpha value is -3.09. The highest BCUT2D eigenvalue weighted by molar-refractivity contribution is 5.89. The number of rotatable bonds is 7. The number of carbonyl (C=O) groups is 2. The number of hydrogen-bond acceptors (Lipinski definition) is 4. The molecule has 0 spiro atoms. The number of carbonyl (C=O) groups excluding carboxylic acids is 2. The molecular formula is C19H22FN3O3. The second-order valence-electron chi connectivity index (χ2n) is 5.76. The maximum Gasteiger partial charge on any atom is 0.239 e. The second kappa shape index (κ2) is 8.84. The van der Waals surface area contributed by atoms with Crippen LogP contribution in [0.2, 0.25) is 0 Å². The Labute approximate surface area is 151 Å². The van der Waals surface area contributed by atoms with Gasteiger partial charge in [-0.3, -0.25) is 9.59 Å². The van der Waals surface area contributed by atoms with Crippen LogP contribution in [0.5, 0.6) is 5.75 Å². The number of benzene rings is 2. The monoisotopic (exact) mass is 359 g/mol. The third-order valence-electron chi connectivity index (χ3n) is 3.71. The molecule has 2 aromatic carbocycles. The van der Waals surface area contributed by atoms with E-state index in [-0.39, 0.29) is 30.1 Å². The summed E-state index contributed by atoms with van der Waals surface area (Å²) in [5, 5.41) is 8.14. The highest BCUT2D eigenvalue weighted by atomic mass is 19.1. The summed E-state index contributed by atoms with van der Waals surface area (Å²) in [6, 6.07) is 11.2. The third-order valence-corrected chi connectivity index (χ3v) is 3.71. The number of methoxy groups -OCH3 is 1. The van der Waals surface area contributed by atoms with E-state index in [1.165, 1.54) is 25.1 Å². The van der Waals surface area contributed by atoms with Crippen LogP contribution in [0.1, 0.15) is 25.5 Å². The van der Waals surface area contributed by atoms with E-state index < -0.39 is 5.82 Å². The lowest BCUT2D eigenvalue weighted by Crippen LogP contribution is -2.32. The summed E-state index contributed by atoms with van der Waals surface area (Å²) in [6.07, 6.45) is 0. The Balaban J connectivity index is 1.97. The predicted octanol–water partition coefficient (Wildman–Crippen LogP) is 3.08. The van der Waals surface area contributed by atoms with Crippen molar-refractivity contribution >= 4 is 23.2 Å². The summed E-state index contributed by atoms with van der Waals surface area (Å²) < 4.78 is 19.1. The van der Waals surface area contributed by atoms with Crippen molar-refractivity contribution in [2.24, 2.45) is 0 Å². The van der Waals surface area contributed by atoms with E-state index in [0.29, 0.717) is 11.4 Å². The van der Waals surface area contributed by atoms with Crippen LogP contribution in [-0.2, 0) is 9.59 Å². The molecule has 0 fully saturated rings. The molecule has 0 aliphatic carbocycles. The van der Waals surface area contributed by atoms with E-state index in [1.807, 2.05) is 31.2 Å². The minimum Gasteiger partial charge on any atom is -0.496 e. The zero-order chi connectivity index (χ0) is 19.1. The van der Waals surface area contributed by atoms with Crippen molar-refractivity contribution in [2.75, 3.05) is 24.3 Å². The predicted molar refractivity (Wildman–Crippen MR) is 98.7 cm³/mol. The van der Waals surface area contributed by atoms with Crippen LogP contribution < -0.4 is 20.7 Å². The van der Waals surface area contributed by atoms with Crippen molar-refractivity contribution in [3.63, 3.8) is 0 Å². The first-order chi connectivity index (χ1) is 12.4. The Kier molecular flexibility index (Phi) is 6.54. The number of ether oxygens (including phenoxy) is 1. The fourth-order valence-corrected chi connectivity index (χ4v) is 2.51. The molecule has 26 heavy (non-hydrogen) atoms. The van der Waals surface area contributed by atoms with Gasteiger partial charge in [0.1, 0.15) is 11.6 Å². The Morgan fingerprint density at radius 1 is 1.19 bits per heavy atom. The zero-order valence-electron chi connectivity index (χ0n) is 14.9. The summed E-state index contributed by atoms with van der Waals surface area (Å²) >= 11 is 0. The first-order valence-electron chi connectivity index (χ1n) is 8.14. The van der Waals surface area contributed by atoms with E-state index in [9.17, 15) is 14.0 Å². The highest BCUT2D eigenvalue weighted by Crippen LogP contribution is 2.24. The molecule has 0 saturated heterocycles. The lowest BCUT2D eigenvalue weighted by atomic mass is 10.1. The quantitative estimate of drug-likeness (QED) is 0.710. The van der Waals surface area contributed by atoms with Crippen molar-refractivity contribution < 1.29 is 18.7 Å². The molecular weight excluding hydrogens is 337 g/mol. The first kappa shape index (κ1) is 19.2. The van der Waals surface area contributed by atoms with Gasteiger partial charge in [0, 0.05) is 18.2 Å². The summed E-state index contributed by atoms with van der Waals surface area (Å²) in [5.74, 6) is -0.384. The topological polar surface area (TPSA) is 79.5 Å². The van der Waals surface area contributed by atoms with Crippen molar-refractivity contribution in [1.82, 2.24) is 5.32 Å². The molecule has 0 aliphatic heterocycles. The zero-order valence-corrected chi connectivity index (χ0v) is 14.9. The van der Waals surface area contributed by atoms with Crippen LogP contribution in [0.25, 0.3) is 0 Å². The van der Waals surface area contributed by atoms with Gasteiger partial charge in [0.05, 0.1) is 25.4 Å². The van der Waals surface area contributed by atoms with Gasteiger partial charge in [-0.25, -0.2) is 4.39 Å². The Morgan fingerprint density at radius 3 is 2.62 bits per heavy atom. The van der Waals surface area contributed by atoms with Gasteiger partial charge in [-0.15, -0.1) is 0 Å². The van der Waals surface area contributed by atoms with Crippen LogP contribution in [0.15, 0.2) is 42.5 Å². The fraction of sp³-hybridized carbons (Fsp3) is 0.263. The Morgan fingerprint density at radius 2 is 1.92 bits per heavy atom. The fourth-order valence-electron chi connectivity index (χ4n) is 2.51. The summed E-state index contributed by atoms with van der Waals surface area (Å²) in [4.78, 5) is 23.3.